The molecule has 30 heavy (non-hydrogen) atoms. The Hall–Kier alpha value is -3.14. The van der Waals surface area contributed by atoms with E-state index in [2.05, 4.69) is 74.5 Å². The van der Waals surface area contributed by atoms with Gasteiger partial charge in [0, 0.05) is 28.9 Å². The predicted molar refractivity (Wildman–Crippen MR) is 124 cm³/mol. The number of hydrogen-bond acceptors (Lipinski definition) is 3. The molecule has 1 heterocycles. The van der Waals surface area contributed by atoms with Crippen molar-refractivity contribution < 1.29 is 9.53 Å². The number of esters is 1. The number of nitrogens with zero attached hydrogens (tertiary/aromatic N) is 2. The zero-order chi connectivity index (χ0) is 22.1. The molecule has 0 saturated carbocycles. The number of aromatic nitrogens is 1. The third-order valence-electron chi connectivity index (χ3n) is 5.43. The van der Waals surface area contributed by atoms with Gasteiger partial charge in [0.2, 0.25) is 0 Å². The quantitative estimate of drug-likeness (QED) is 0.383. The number of aliphatic imine (C=N–C) groups is 1. The predicted octanol–water partition coefficient (Wildman–Crippen LogP) is 6.24. The van der Waals surface area contributed by atoms with Crippen LogP contribution in [0.1, 0.15) is 59.2 Å². The van der Waals surface area contributed by atoms with E-state index in [9.17, 15) is 4.79 Å². The molecule has 3 rings (SSSR count). The molecule has 2 aromatic carbocycles. The molecule has 0 saturated heterocycles. The van der Waals surface area contributed by atoms with Crippen LogP contribution < -0.4 is 0 Å². The smallest absolute Gasteiger partial charge is 0.337 e. The average molecular weight is 403 g/mol. The van der Waals surface area contributed by atoms with Crippen LogP contribution in [0.2, 0.25) is 0 Å². The number of benzene rings is 2. The minimum atomic E-state index is -0.358. The maximum Gasteiger partial charge on any atom is 0.337 e. The third-order valence-corrected chi connectivity index (χ3v) is 5.43. The number of aryl methyl sites for hydroxylation is 2. The van der Waals surface area contributed by atoms with E-state index in [1.54, 1.807) is 12.1 Å². The summed E-state index contributed by atoms with van der Waals surface area (Å²) in [6.45, 7) is 12.8. The van der Waals surface area contributed by atoms with Gasteiger partial charge in [0.25, 0.3) is 0 Å². The normalized spacial score (nSPS) is 11.8. The lowest BCUT2D eigenvalue weighted by Gasteiger charge is -2.20. The lowest BCUT2D eigenvalue weighted by Crippen LogP contribution is -2.11. The maximum absolute atomic E-state index is 11.8. The van der Waals surface area contributed by atoms with Gasteiger partial charge in [-0.05, 0) is 67.6 Å². The van der Waals surface area contributed by atoms with E-state index in [1.165, 1.54) is 12.7 Å². The Labute approximate surface area is 179 Å². The zero-order valence-electron chi connectivity index (χ0n) is 18.9. The summed E-state index contributed by atoms with van der Waals surface area (Å²) in [5.41, 5.74) is 8.18. The fourth-order valence-electron chi connectivity index (χ4n) is 3.56. The average Bonchev–Trinajstić information content (AvgIpc) is 2.99. The summed E-state index contributed by atoms with van der Waals surface area (Å²) in [5.74, 6) is -0.358. The number of methoxy groups -OCH3 is 1. The molecule has 0 atom stereocenters. The topological polar surface area (TPSA) is 43.6 Å². The van der Waals surface area contributed by atoms with Crippen LogP contribution in [0.3, 0.4) is 0 Å². The van der Waals surface area contributed by atoms with E-state index in [1.807, 2.05) is 19.2 Å². The molecule has 0 N–H and O–H groups in total. The van der Waals surface area contributed by atoms with Crippen molar-refractivity contribution in [3.8, 4) is 5.69 Å². The van der Waals surface area contributed by atoms with Crippen molar-refractivity contribution >= 4 is 17.9 Å². The molecule has 0 amide bonds. The lowest BCUT2D eigenvalue weighted by atomic mass is 9.87. The van der Waals surface area contributed by atoms with Gasteiger partial charge in [-0.25, -0.2) is 4.79 Å². The van der Waals surface area contributed by atoms with Crippen molar-refractivity contribution in [2.24, 2.45) is 4.99 Å². The molecule has 0 spiro atoms. The zero-order valence-corrected chi connectivity index (χ0v) is 18.9. The number of hydrogen-bond donors (Lipinski definition) is 0. The summed E-state index contributed by atoms with van der Waals surface area (Å²) in [5, 5.41) is 0. The van der Waals surface area contributed by atoms with Gasteiger partial charge in [0.05, 0.1) is 18.4 Å². The van der Waals surface area contributed by atoms with Crippen LogP contribution in [-0.4, -0.2) is 23.9 Å². The molecule has 4 nitrogen and oxygen atoms in total. The monoisotopic (exact) mass is 402 g/mol. The summed E-state index contributed by atoms with van der Waals surface area (Å²) in [7, 11) is 1.38. The van der Waals surface area contributed by atoms with E-state index < -0.39 is 0 Å². The molecule has 4 heteroatoms. The summed E-state index contributed by atoms with van der Waals surface area (Å²) >= 11 is 0. The number of ether oxygens (including phenoxy) is 1. The van der Waals surface area contributed by atoms with Gasteiger partial charge in [0.1, 0.15) is 0 Å². The highest BCUT2D eigenvalue weighted by atomic mass is 16.5. The second kappa shape index (κ2) is 8.31. The Bertz CT molecular complexity index is 1100. The fourth-order valence-corrected chi connectivity index (χ4v) is 3.56. The second-order valence-corrected chi connectivity index (χ2v) is 8.71. The number of carbonyl (C=O) groups excluding carboxylic acids is 1. The van der Waals surface area contributed by atoms with Gasteiger partial charge in [-0.1, -0.05) is 39.0 Å². The summed E-state index contributed by atoms with van der Waals surface area (Å²) in [6.07, 6.45) is 1.87. The Morgan fingerprint density at radius 3 is 2.27 bits per heavy atom. The fraction of sp³-hybridized carbons (Fsp3) is 0.308. The maximum atomic E-state index is 11.8. The molecule has 0 aliphatic rings. The molecule has 0 unspecified atom stereocenters. The summed E-state index contributed by atoms with van der Waals surface area (Å²) < 4.78 is 7.06. The van der Waals surface area contributed by atoms with Gasteiger partial charge < -0.3 is 9.30 Å². The van der Waals surface area contributed by atoms with E-state index in [4.69, 9.17) is 4.74 Å². The van der Waals surface area contributed by atoms with Gasteiger partial charge in [-0.2, -0.15) is 0 Å². The van der Waals surface area contributed by atoms with E-state index in [0.29, 0.717) is 5.56 Å². The number of carbonyl (C=O) groups is 1. The van der Waals surface area contributed by atoms with Crippen molar-refractivity contribution in [2.45, 2.75) is 47.0 Å². The van der Waals surface area contributed by atoms with Crippen molar-refractivity contribution in [1.82, 2.24) is 4.57 Å². The van der Waals surface area contributed by atoms with Crippen molar-refractivity contribution in [2.75, 3.05) is 7.11 Å². The largest absolute Gasteiger partial charge is 0.465 e. The molecular formula is C26H30N2O2. The molecular weight excluding hydrogens is 372 g/mol. The van der Waals surface area contributed by atoms with Crippen LogP contribution in [0.5, 0.6) is 0 Å². The van der Waals surface area contributed by atoms with Crippen LogP contribution in [0, 0.1) is 20.8 Å². The molecule has 3 aromatic rings. The lowest BCUT2D eigenvalue weighted by molar-refractivity contribution is 0.0601. The van der Waals surface area contributed by atoms with Crippen molar-refractivity contribution in [3.63, 3.8) is 0 Å². The van der Waals surface area contributed by atoms with E-state index in [0.717, 1.165) is 33.9 Å². The van der Waals surface area contributed by atoms with E-state index in [-0.39, 0.29) is 11.4 Å². The molecule has 0 bridgehead atoms. The molecule has 156 valence electrons. The molecule has 0 radical (unpaired) electrons. The Morgan fingerprint density at radius 1 is 1.00 bits per heavy atom. The minimum Gasteiger partial charge on any atom is -0.465 e. The number of rotatable bonds is 4. The van der Waals surface area contributed by atoms with Gasteiger partial charge in [-0.15, -0.1) is 0 Å². The SMILES string of the molecule is COC(=O)c1ccc(C)c(N=Cc2cc(C)n(-c3ccc(C(C)(C)C)cc3)c2C)c1. The first kappa shape index (κ1) is 21.6. The van der Waals surface area contributed by atoms with Crippen LogP contribution in [-0.2, 0) is 10.2 Å². The minimum absolute atomic E-state index is 0.133. The van der Waals surface area contributed by atoms with Crippen molar-refractivity contribution in [3.05, 3.63) is 82.2 Å². The van der Waals surface area contributed by atoms with Crippen LogP contribution in [0.15, 0.2) is 53.5 Å². The highest BCUT2D eigenvalue weighted by molar-refractivity contribution is 5.91. The van der Waals surface area contributed by atoms with Crippen LogP contribution in [0.4, 0.5) is 5.69 Å². The Balaban J connectivity index is 1.94. The summed E-state index contributed by atoms with van der Waals surface area (Å²) in [6, 6.07) is 16.3. The molecule has 0 fully saturated rings. The highest BCUT2D eigenvalue weighted by Gasteiger charge is 2.15. The first-order valence-corrected chi connectivity index (χ1v) is 10.1. The summed E-state index contributed by atoms with van der Waals surface area (Å²) in [4.78, 5) is 16.5. The highest BCUT2D eigenvalue weighted by Crippen LogP contribution is 2.26. The first-order chi connectivity index (χ1) is 14.1. The van der Waals surface area contributed by atoms with Crippen LogP contribution >= 0.6 is 0 Å². The van der Waals surface area contributed by atoms with Gasteiger partial charge >= 0.3 is 5.97 Å². The van der Waals surface area contributed by atoms with Crippen LogP contribution in [0.25, 0.3) is 5.69 Å². The molecule has 0 aliphatic carbocycles. The van der Waals surface area contributed by atoms with Gasteiger partial charge in [-0.3, -0.25) is 4.99 Å². The Morgan fingerprint density at radius 2 is 1.67 bits per heavy atom. The standard InChI is InChI=1S/C26H30N2O2/c1-17-8-9-20(25(29)30-7)15-24(17)27-16-21-14-18(2)28(19(21)3)23-12-10-22(11-13-23)26(4,5)6/h8-16H,1-7H3. The first-order valence-electron chi connectivity index (χ1n) is 10.1. The Kier molecular flexibility index (Phi) is 5.97. The van der Waals surface area contributed by atoms with E-state index >= 15 is 0 Å². The molecule has 1 aromatic heterocycles. The second-order valence-electron chi connectivity index (χ2n) is 8.71. The van der Waals surface area contributed by atoms with Gasteiger partial charge in [0.15, 0.2) is 0 Å². The van der Waals surface area contributed by atoms with Crippen molar-refractivity contribution in [1.29, 1.82) is 0 Å². The third kappa shape index (κ3) is 4.38. The molecule has 0 aliphatic heterocycles.